The summed E-state index contributed by atoms with van der Waals surface area (Å²) in [5, 5.41) is 3.35. The summed E-state index contributed by atoms with van der Waals surface area (Å²) in [6.07, 6.45) is 3.28. The van der Waals surface area contributed by atoms with Crippen LogP contribution in [0.2, 0.25) is 0 Å². The molecule has 1 N–H and O–H groups in total. The van der Waals surface area contributed by atoms with Gasteiger partial charge >= 0.3 is 0 Å². The molecule has 0 fully saturated rings. The van der Waals surface area contributed by atoms with Crippen molar-refractivity contribution < 1.29 is 4.79 Å². The Morgan fingerprint density at radius 3 is 2.95 bits per heavy atom. The molecule has 4 nitrogen and oxygen atoms in total. The molecule has 0 radical (unpaired) electrons. The van der Waals surface area contributed by atoms with Crippen molar-refractivity contribution in [3.63, 3.8) is 0 Å². The quantitative estimate of drug-likeness (QED) is 0.845. The highest BCUT2D eigenvalue weighted by atomic mass is 16.2. The normalized spacial score (nSPS) is 10.4. The maximum Gasteiger partial charge on any atom is 0.240 e. The monoisotopic (exact) mass is 256 g/mol. The molecule has 1 heterocycles. The molecular weight excluding hydrogens is 240 g/mol. The first kappa shape index (κ1) is 13.1. The molecule has 19 heavy (non-hydrogen) atoms. The van der Waals surface area contributed by atoms with E-state index in [2.05, 4.69) is 11.9 Å². The lowest BCUT2D eigenvalue weighted by Gasteiger charge is -2.10. The number of nitrogens with one attached hydrogen (secondary N) is 1. The van der Waals surface area contributed by atoms with Gasteiger partial charge in [-0.1, -0.05) is 17.7 Å². The number of hydrogen-bond acceptors (Lipinski definition) is 2. The summed E-state index contributed by atoms with van der Waals surface area (Å²) < 4.78 is 1.77. The van der Waals surface area contributed by atoms with Gasteiger partial charge in [-0.3, -0.25) is 9.59 Å². The zero-order valence-corrected chi connectivity index (χ0v) is 10.8. The van der Waals surface area contributed by atoms with Gasteiger partial charge in [-0.05, 0) is 19.1 Å². The topological polar surface area (TPSA) is 51.1 Å². The molecular formula is C15H16N2O2. The molecule has 0 saturated carbocycles. The highest BCUT2D eigenvalue weighted by Gasteiger charge is 2.06. The van der Waals surface area contributed by atoms with Gasteiger partial charge in [-0.15, -0.1) is 6.58 Å². The summed E-state index contributed by atoms with van der Waals surface area (Å²) in [7, 11) is 0. The minimum atomic E-state index is -0.106. The predicted molar refractivity (Wildman–Crippen MR) is 76.2 cm³/mol. The van der Waals surface area contributed by atoms with Crippen LogP contribution in [0.1, 0.15) is 5.56 Å². The third-order valence-corrected chi connectivity index (χ3v) is 2.89. The second kappa shape index (κ2) is 5.52. The number of fused-ring (bicyclic) bond motifs is 1. The highest BCUT2D eigenvalue weighted by Crippen LogP contribution is 2.12. The van der Waals surface area contributed by atoms with E-state index >= 15 is 0 Å². The molecule has 0 bridgehead atoms. The van der Waals surface area contributed by atoms with Crippen LogP contribution in [-0.4, -0.2) is 17.0 Å². The van der Waals surface area contributed by atoms with Crippen LogP contribution >= 0.6 is 0 Å². The Bertz CT molecular complexity index is 686. The summed E-state index contributed by atoms with van der Waals surface area (Å²) >= 11 is 0. The van der Waals surface area contributed by atoms with Crippen molar-refractivity contribution in [3.05, 3.63) is 58.9 Å². The van der Waals surface area contributed by atoms with Gasteiger partial charge in [0.2, 0.25) is 5.91 Å². The number of aromatic nitrogens is 1. The first-order valence-corrected chi connectivity index (χ1v) is 6.09. The zero-order chi connectivity index (χ0) is 13.8. The molecule has 1 aromatic carbocycles. The Labute approximate surface area is 111 Å². The van der Waals surface area contributed by atoms with Gasteiger partial charge in [0.1, 0.15) is 6.54 Å². The van der Waals surface area contributed by atoms with E-state index in [1.807, 2.05) is 25.1 Å². The number of hydrogen-bond donors (Lipinski definition) is 1. The molecule has 98 valence electrons. The minimum Gasteiger partial charge on any atom is -0.351 e. The Kier molecular flexibility index (Phi) is 3.80. The second-order valence-corrected chi connectivity index (χ2v) is 4.42. The lowest BCUT2D eigenvalue weighted by molar-refractivity contribution is -0.121. The fraction of sp³-hybridized carbons (Fsp3) is 0.200. The fourth-order valence-electron chi connectivity index (χ4n) is 1.96. The predicted octanol–water partition coefficient (Wildman–Crippen LogP) is 1.61. The van der Waals surface area contributed by atoms with Gasteiger partial charge in [0, 0.05) is 24.2 Å². The van der Waals surface area contributed by atoms with Crippen molar-refractivity contribution in [2.45, 2.75) is 13.5 Å². The number of nitrogens with zero attached hydrogens (tertiary/aromatic N) is 1. The van der Waals surface area contributed by atoms with Gasteiger partial charge in [0.15, 0.2) is 5.43 Å². The van der Waals surface area contributed by atoms with Gasteiger partial charge in [0.05, 0.1) is 5.52 Å². The van der Waals surface area contributed by atoms with Crippen LogP contribution in [0.4, 0.5) is 0 Å². The Morgan fingerprint density at radius 1 is 1.42 bits per heavy atom. The third-order valence-electron chi connectivity index (χ3n) is 2.89. The Hall–Kier alpha value is -2.36. The molecule has 0 aliphatic carbocycles. The van der Waals surface area contributed by atoms with Gasteiger partial charge < -0.3 is 9.88 Å². The number of rotatable bonds is 4. The Balaban J connectivity index is 2.39. The largest absolute Gasteiger partial charge is 0.351 e. The molecule has 2 rings (SSSR count). The van der Waals surface area contributed by atoms with Gasteiger partial charge in [-0.25, -0.2) is 0 Å². The van der Waals surface area contributed by atoms with Crippen LogP contribution in [-0.2, 0) is 11.3 Å². The molecule has 1 aromatic heterocycles. The van der Waals surface area contributed by atoms with Gasteiger partial charge in [-0.2, -0.15) is 0 Å². The van der Waals surface area contributed by atoms with Crippen molar-refractivity contribution in [1.82, 2.24) is 9.88 Å². The number of benzene rings is 1. The van der Waals surface area contributed by atoms with Crippen molar-refractivity contribution in [3.8, 4) is 0 Å². The summed E-state index contributed by atoms with van der Waals surface area (Å²) in [6, 6.07) is 7.13. The molecule has 0 spiro atoms. The van der Waals surface area contributed by atoms with E-state index in [4.69, 9.17) is 0 Å². The van der Waals surface area contributed by atoms with Crippen molar-refractivity contribution in [2.24, 2.45) is 0 Å². The van der Waals surface area contributed by atoms with Crippen LogP contribution in [0.3, 0.4) is 0 Å². The third kappa shape index (κ3) is 2.91. The molecule has 4 heteroatoms. The van der Waals surface area contributed by atoms with Crippen LogP contribution in [0.25, 0.3) is 10.9 Å². The maximum absolute atomic E-state index is 11.8. The van der Waals surface area contributed by atoms with Crippen molar-refractivity contribution in [2.75, 3.05) is 6.54 Å². The van der Waals surface area contributed by atoms with E-state index < -0.39 is 0 Å². The number of carbonyl (C=O) groups excluding carboxylic acids is 1. The molecule has 0 aliphatic heterocycles. The molecule has 0 aliphatic rings. The molecule has 0 unspecified atom stereocenters. The van der Waals surface area contributed by atoms with Crippen LogP contribution in [0.15, 0.2) is 47.9 Å². The van der Waals surface area contributed by atoms with Crippen LogP contribution in [0.5, 0.6) is 0 Å². The lowest BCUT2D eigenvalue weighted by atomic mass is 10.1. The average Bonchev–Trinajstić information content (AvgIpc) is 2.40. The molecule has 0 saturated heterocycles. The van der Waals surface area contributed by atoms with E-state index in [1.54, 1.807) is 16.8 Å². The van der Waals surface area contributed by atoms with Crippen molar-refractivity contribution in [1.29, 1.82) is 0 Å². The first-order chi connectivity index (χ1) is 9.11. The SMILES string of the molecule is C=CCNC(=O)Cn1ccc(=O)c2cc(C)ccc21. The average molecular weight is 256 g/mol. The minimum absolute atomic E-state index is 0.0264. The number of aryl methyl sites for hydroxylation is 1. The number of pyridine rings is 1. The molecule has 2 aromatic rings. The summed E-state index contributed by atoms with van der Waals surface area (Å²) in [5.74, 6) is -0.106. The highest BCUT2D eigenvalue weighted by molar-refractivity contribution is 5.82. The summed E-state index contributed by atoms with van der Waals surface area (Å²) in [4.78, 5) is 23.5. The summed E-state index contributed by atoms with van der Waals surface area (Å²) in [5.41, 5.74) is 1.77. The fourth-order valence-corrected chi connectivity index (χ4v) is 1.96. The molecule has 1 amide bonds. The second-order valence-electron chi connectivity index (χ2n) is 4.42. The van der Waals surface area contributed by atoms with Crippen LogP contribution < -0.4 is 10.7 Å². The maximum atomic E-state index is 11.8. The first-order valence-electron chi connectivity index (χ1n) is 6.09. The Morgan fingerprint density at radius 2 is 2.21 bits per heavy atom. The van der Waals surface area contributed by atoms with E-state index in [1.165, 1.54) is 6.07 Å². The lowest BCUT2D eigenvalue weighted by Crippen LogP contribution is -2.28. The standard InChI is InChI=1S/C15H16N2O2/c1-3-7-16-15(19)10-17-8-6-14(18)12-9-11(2)4-5-13(12)17/h3-6,8-9H,1,7,10H2,2H3,(H,16,19). The molecule has 0 atom stereocenters. The summed E-state index contributed by atoms with van der Waals surface area (Å²) in [6.45, 7) is 6.11. The van der Waals surface area contributed by atoms with Crippen LogP contribution in [0, 0.1) is 6.92 Å². The van der Waals surface area contributed by atoms with Crippen molar-refractivity contribution >= 4 is 16.8 Å². The van der Waals surface area contributed by atoms with E-state index in [-0.39, 0.29) is 17.9 Å². The van der Waals surface area contributed by atoms with Gasteiger partial charge in [0.25, 0.3) is 0 Å². The van der Waals surface area contributed by atoms with E-state index in [9.17, 15) is 9.59 Å². The zero-order valence-electron chi connectivity index (χ0n) is 10.8. The smallest absolute Gasteiger partial charge is 0.240 e. The van der Waals surface area contributed by atoms with E-state index in [0.29, 0.717) is 11.9 Å². The number of amides is 1. The van der Waals surface area contributed by atoms with E-state index in [0.717, 1.165) is 11.1 Å². The number of carbonyl (C=O) groups is 1.